The first kappa shape index (κ1) is 11.6. The molecule has 0 amide bonds. The summed E-state index contributed by atoms with van der Waals surface area (Å²) in [5.41, 5.74) is 7.32. The molecule has 0 bridgehead atoms. The van der Waals surface area contributed by atoms with E-state index in [1.165, 1.54) is 4.57 Å². The number of hydrogen-bond acceptors (Lipinski definition) is 3. The molecule has 1 aromatic heterocycles. The second kappa shape index (κ2) is 4.99. The molecule has 0 aliphatic carbocycles. The molecule has 0 aliphatic heterocycles. The normalized spacial score (nSPS) is 10.9. The molecular weight excluding hydrogens is 214 g/mol. The van der Waals surface area contributed by atoms with E-state index >= 15 is 0 Å². The Bertz CT molecular complexity index is 530. The molecule has 1 radical (unpaired) electrons. The summed E-state index contributed by atoms with van der Waals surface area (Å²) >= 11 is 0. The quantitative estimate of drug-likeness (QED) is 0.821. The number of imidazole rings is 1. The molecule has 0 aliphatic rings. The number of anilines is 1. The van der Waals surface area contributed by atoms with E-state index in [2.05, 4.69) is 11.9 Å². The molecule has 4 heteroatoms. The van der Waals surface area contributed by atoms with Crippen LogP contribution in [0.3, 0.4) is 0 Å². The third-order valence-corrected chi connectivity index (χ3v) is 2.73. The van der Waals surface area contributed by atoms with E-state index < -0.39 is 0 Å². The maximum Gasteiger partial charge on any atom is 0.233 e. The van der Waals surface area contributed by atoms with Crippen molar-refractivity contribution in [1.29, 1.82) is 0 Å². The van der Waals surface area contributed by atoms with Gasteiger partial charge in [-0.05, 0) is 18.6 Å². The van der Waals surface area contributed by atoms with Crippen molar-refractivity contribution in [3.8, 4) is 0 Å². The number of nitrogens with two attached hydrogens (primary N) is 1. The van der Waals surface area contributed by atoms with Crippen molar-refractivity contribution >= 4 is 22.9 Å². The smallest absolute Gasteiger partial charge is 0.233 e. The van der Waals surface area contributed by atoms with Gasteiger partial charge in [-0.2, -0.15) is 0 Å². The van der Waals surface area contributed by atoms with E-state index in [9.17, 15) is 4.79 Å². The highest BCUT2D eigenvalue weighted by Crippen LogP contribution is 2.18. The molecule has 0 atom stereocenters. The molecular formula is C13H16N3O. The highest BCUT2D eigenvalue weighted by atomic mass is 16.2. The van der Waals surface area contributed by atoms with Crippen LogP contribution < -0.4 is 5.73 Å². The van der Waals surface area contributed by atoms with Crippen molar-refractivity contribution < 1.29 is 4.79 Å². The van der Waals surface area contributed by atoms with Gasteiger partial charge in [0.1, 0.15) is 0 Å². The third-order valence-electron chi connectivity index (χ3n) is 2.73. The summed E-state index contributed by atoms with van der Waals surface area (Å²) < 4.78 is 1.50. The number of hydrogen-bond donors (Lipinski definition) is 1. The summed E-state index contributed by atoms with van der Waals surface area (Å²) in [5, 5.41) is 0. The number of rotatable bonds is 4. The largest absolute Gasteiger partial charge is 0.369 e. The van der Waals surface area contributed by atoms with Crippen molar-refractivity contribution in [3.63, 3.8) is 0 Å². The summed E-state index contributed by atoms with van der Waals surface area (Å²) in [5.74, 6) is 0.274. The maximum atomic E-state index is 12.0. The molecule has 1 heterocycles. The molecule has 0 unspecified atom stereocenters. The van der Waals surface area contributed by atoms with Crippen molar-refractivity contribution in [2.24, 2.45) is 0 Å². The average molecular weight is 230 g/mol. The fraction of sp³-hybridized carbons (Fsp3) is 0.308. The van der Waals surface area contributed by atoms with Crippen LogP contribution in [-0.4, -0.2) is 15.5 Å². The van der Waals surface area contributed by atoms with Crippen molar-refractivity contribution in [3.05, 3.63) is 31.2 Å². The highest BCUT2D eigenvalue weighted by Gasteiger charge is 2.13. The summed E-state index contributed by atoms with van der Waals surface area (Å²) in [6.45, 7) is 3.76. The van der Waals surface area contributed by atoms with Crippen LogP contribution in [-0.2, 0) is 0 Å². The number of nitrogen functional groups attached to an aromatic ring is 1. The van der Waals surface area contributed by atoms with Gasteiger partial charge in [0.15, 0.2) is 0 Å². The number of aromatic nitrogens is 2. The number of carbonyl (C=O) groups excluding carboxylic acids is 1. The molecule has 17 heavy (non-hydrogen) atoms. The van der Waals surface area contributed by atoms with Crippen LogP contribution >= 0.6 is 0 Å². The zero-order valence-corrected chi connectivity index (χ0v) is 9.72. The van der Waals surface area contributed by atoms with E-state index in [1.807, 2.05) is 24.3 Å². The zero-order valence-electron chi connectivity index (χ0n) is 9.72. The third kappa shape index (κ3) is 2.30. The molecule has 0 saturated heterocycles. The van der Waals surface area contributed by atoms with E-state index in [0.29, 0.717) is 6.42 Å². The van der Waals surface area contributed by atoms with Gasteiger partial charge in [0, 0.05) is 6.42 Å². The van der Waals surface area contributed by atoms with Crippen LogP contribution in [0, 0.1) is 6.92 Å². The van der Waals surface area contributed by atoms with Gasteiger partial charge in [0.05, 0.1) is 11.0 Å². The van der Waals surface area contributed by atoms with Crippen molar-refractivity contribution in [1.82, 2.24) is 9.55 Å². The zero-order chi connectivity index (χ0) is 12.3. The van der Waals surface area contributed by atoms with Gasteiger partial charge < -0.3 is 5.73 Å². The molecule has 89 valence electrons. The number of unbranched alkanes of at least 4 members (excludes halogenated alkanes) is 2. The van der Waals surface area contributed by atoms with Crippen molar-refractivity contribution in [2.45, 2.75) is 25.7 Å². The SMILES string of the molecule is [CH2]CCCCC(=O)n1c(N)nc2ccccc21. The Kier molecular flexibility index (Phi) is 3.42. The van der Waals surface area contributed by atoms with Crippen molar-refractivity contribution in [2.75, 3.05) is 5.73 Å². The van der Waals surface area contributed by atoms with Gasteiger partial charge >= 0.3 is 0 Å². The first-order chi connectivity index (χ1) is 8.24. The Labute approximate surface area is 100 Å². The molecule has 1 aromatic carbocycles. The Hall–Kier alpha value is -1.84. The summed E-state index contributed by atoms with van der Waals surface area (Å²) in [4.78, 5) is 16.2. The maximum absolute atomic E-state index is 12.0. The number of benzene rings is 1. The summed E-state index contributed by atoms with van der Waals surface area (Å²) in [6.07, 6.45) is 3.14. The lowest BCUT2D eigenvalue weighted by Crippen LogP contribution is -2.13. The van der Waals surface area contributed by atoms with Gasteiger partial charge in [-0.25, -0.2) is 9.55 Å². The molecule has 2 rings (SSSR count). The predicted octanol–water partition coefficient (Wildman–Crippen LogP) is 2.65. The Morgan fingerprint density at radius 3 is 2.88 bits per heavy atom. The van der Waals surface area contributed by atoms with Crippen LogP contribution in [0.2, 0.25) is 0 Å². The van der Waals surface area contributed by atoms with Gasteiger partial charge in [-0.3, -0.25) is 4.79 Å². The van der Waals surface area contributed by atoms with Crippen LogP contribution in [0.15, 0.2) is 24.3 Å². The lowest BCUT2D eigenvalue weighted by atomic mass is 10.2. The molecule has 0 fully saturated rings. The van der Waals surface area contributed by atoms with Crippen LogP contribution in [0.5, 0.6) is 0 Å². The van der Waals surface area contributed by atoms with E-state index in [1.54, 1.807) is 0 Å². The number of para-hydroxylation sites is 2. The van der Waals surface area contributed by atoms with E-state index in [0.717, 1.165) is 30.3 Å². The number of nitrogens with zero attached hydrogens (tertiary/aromatic N) is 2. The van der Waals surface area contributed by atoms with Crippen LogP contribution in [0.1, 0.15) is 30.5 Å². The van der Waals surface area contributed by atoms with Crippen LogP contribution in [0.4, 0.5) is 5.95 Å². The van der Waals surface area contributed by atoms with Gasteiger partial charge in [0.25, 0.3) is 0 Å². The standard InChI is InChI=1S/C13H16N3O/c1-2-3-4-9-12(17)16-11-8-6-5-7-10(11)15-13(16)14/h5-8H,1-4,9H2,(H2,14,15). The first-order valence-corrected chi connectivity index (χ1v) is 5.79. The molecule has 2 N–H and O–H groups in total. The highest BCUT2D eigenvalue weighted by molar-refractivity contribution is 5.93. The van der Waals surface area contributed by atoms with E-state index in [4.69, 9.17) is 5.73 Å². The van der Waals surface area contributed by atoms with Gasteiger partial charge in [0.2, 0.25) is 11.9 Å². The number of carbonyl (C=O) groups is 1. The van der Waals surface area contributed by atoms with E-state index in [-0.39, 0.29) is 11.9 Å². The Balaban J connectivity index is 2.28. The molecule has 2 aromatic rings. The molecule has 4 nitrogen and oxygen atoms in total. The minimum atomic E-state index is 0.00431. The Morgan fingerprint density at radius 2 is 2.12 bits per heavy atom. The minimum absolute atomic E-state index is 0.00431. The second-order valence-electron chi connectivity index (χ2n) is 4.00. The summed E-state index contributed by atoms with van der Waals surface area (Å²) in [6, 6.07) is 7.47. The van der Waals surface area contributed by atoms with Crippen LogP contribution in [0.25, 0.3) is 11.0 Å². The summed E-state index contributed by atoms with van der Waals surface area (Å²) in [7, 11) is 0. The average Bonchev–Trinajstić information content (AvgIpc) is 2.65. The van der Waals surface area contributed by atoms with Gasteiger partial charge in [-0.15, -0.1) is 0 Å². The first-order valence-electron chi connectivity index (χ1n) is 5.79. The topological polar surface area (TPSA) is 60.9 Å². The minimum Gasteiger partial charge on any atom is -0.369 e. The lowest BCUT2D eigenvalue weighted by molar-refractivity contribution is 0.0907. The lowest BCUT2D eigenvalue weighted by Gasteiger charge is -2.04. The van der Waals surface area contributed by atoms with Gasteiger partial charge in [-0.1, -0.05) is 31.9 Å². The fourth-order valence-corrected chi connectivity index (χ4v) is 1.87. The molecule has 0 saturated carbocycles. The molecule has 0 spiro atoms. The monoisotopic (exact) mass is 230 g/mol. The second-order valence-corrected chi connectivity index (χ2v) is 4.00. The number of fused-ring (bicyclic) bond motifs is 1. The predicted molar refractivity (Wildman–Crippen MR) is 68.6 cm³/mol. The fourth-order valence-electron chi connectivity index (χ4n) is 1.87. The Morgan fingerprint density at radius 1 is 1.35 bits per heavy atom.